The van der Waals surface area contributed by atoms with E-state index in [0.29, 0.717) is 0 Å². The molecule has 0 saturated heterocycles. The van der Waals surface area contributed by atoms with Gasteiger partial charge in [-0.05, 0) is 76.9 Å². The molecule has 6 heteroatoms. The summed E-state index contributed by atoms with van der Waals surface area (Å²) in [5, 5.41) is 15.2. The summed E-state index contributed by atoms with van der Waals surface area (Å²) in [7, 11) is 0. The van der Waals surface area contributed by atoms with Gasteiger partial charge in [0.05, 0.1) is 16.7 Å². The van der Waals surface area contributed by atoms with Gasteiger partial charge in [-0.2, -0.15) is 0 Å². The molecule has 1 aliphatic rings. The fraction of sp³-hybridized carbons (Fsp3) is 0.0392. The molecule has 57 heavy (non-hydrogen) atoms. The summed E-state index contributed by atoms with van der Waals surface area (Å²) in [5.74, 6) is 0.893. The highest BCUT2D eigenvalue weighted by Gasteiger charge is 2.26. The predicted molar refractivity (Wildman–Crippen MR) is 243 cm³/mol. The number of aromatic nitrogens is 1. The molecule has 2 unspecified atom stereocenters. The highest BCUT2D eigenvalue weighted by atomic mass is 32.1. The van der Waals surface area contributed by atoms with Crippen LogP contribution >= 0.6 is 22.7 Å². The van der Waals surface area contributed by atoms with E-state index < -0.39 is 0 Å². The maximum Gasteiger partial charge on any atom is 0.131 e. The standard InChI is InChI=1S/C51H34N4S2/c1-3-12-31(13-4-1)49-52-50(32-14-5-2-6-15-32)54-51(53-49)35-24-27-45-40(29-35)39-28-33(23-26-44(39)56-45)34-22-25-38-47(30-34)57-46-21-11-20-43(48(38)46)55-41-18-9-7-16-36(41)37-17-8-10-19-42(37)55/h1-30,49,51,53H,(H,52,54). The van der Waals surface area contributed by atoms with Crippen LogP contribution in [-0.4, -0.2) is 10.4 Å². The van der Waals surface area contributed by atoms with E-state index in [1.165, 1.54) is 84.5 Å². The van der Waals surface area contributed by atoms with Crippen molar-refractivity contribution >= 4 is 90.7 Å². The summed E-state index contributed by atoms with van der Waals surface area (Å²) in [6.07, 6.45) is -0.288. The molecule has 4 nitrogen and oxygen atoms in total. The van der Waals surface area contributed by atoms with Crippen molar-refractivity contribution in [1.29, 1.82) is 0 Å². The van der Waals surface area contributed by atoms with Crippen LogP contribution in [0.5, 0.6) is 0 Å². The molecule has 1 aliphatic heterocycles. The number of fused-ring (bicyclic) bond motifs is 9. The summed E-state index contributed by atoms with van der Waals surface area (Å²) in [6, 6.07) is 66.1. The first kappa shape index (κ1) is 32.7. The molecule has 2 atom stereocenters. The van der Waals surface area contributed by atoms with Crippen molar-refractivity contribution < 1.29 is 0 Å². The van der Waals surface area contributed by atoms with Crippen molar-refractivity contribution in [3.8, 4) is 16.8 Å². The smallest absolute Gasteiger partial charge is 0.131 e. The first-order valence-corrected chi connectivity index (χ1v) is 21.0. The third-order valence-corrected chi connectivity index (χ3v) is 13.8. The number of nitrogens with zero attached hydrogens (tertiary/aromatic N) is 2. The topological polar surface area (TPSA) is 41.4 Å². The Morgan fingerprint density at radius 3 is 1.88 bits per heavy atom. The minimum atomic E-state index is -0.170. The number of rotatable bonds is 5. The van der Waals surface area contributed by atoms with Crippen molar-refractivity contribution in [3.63, 3.8) is 0 Å². The van der Waals surface area contributed by atoms with E-state index in [1.807, 2.05) is 28.7 Å². The SMILES string of the molecule is c1ccc(C2=NC(c3ccccc3)NC(c3ccc4sc5ccc(-c6ccc7c(c6)sc6cccc(-n8c9ccccc9c9ccccc98)c67)cc5c4c3)N2)cc1. The maximum absolute atomic E-state index is 5.12. The monoisotopic (exact) mass is 766 g/mol. The number of aliphatic imine (C=N–C) groups is 1. The Hall–Kier alpha value is -6.57. The molecule has 2 N–H and O–H groups in total. The minimum Gasteiger partial charge on any atom is -0.350 e. The van der Waals surface area contributed by atoms with Gasteiger partial charge >= 0.3 is 0 Å². The number of thiophene rings is 2. The van der Waals surface area contributed by atoms with Crippen LogP contribution in [0.2, 0.25) is 0 Å². The summed E-state index contributed by atoms with van der Waals surface area (Å²) in [6.45, 7) is 0. The van der Waals surface area contributed by atoms with Crippen molar-refractivity contribution in [2.24, 2.45) is 4.99 Å². The fourth-order valence-corrected chi connectivity index (χ4v) is 11.0. The number of hydrogen-bond donors (Lipinski definition) is 2. The van der Waals surface area contributed by atoms with Gasteiger partial charge in [-0.3, -0.25) is 5.32 Å². The zero-order valence-corrected chi connectivity index (χ0v) is 32.3. The van der Waals surface area contributed by atoms with Crippen LogP contribution in [0.15, 0.2) is 187 Å². The Labute approximate surface area is 337 Å². The Kier molecular flexibility index (Phi) is 7.45. The van der Waals surface area contributed by atoms with Gasteiger partial charge in [0, 0.05) is 56.7 Å². The summed E-state index contributed by atoms with van der Waals surface area (Å²) in [4.78, 5) is 5.12. The average Bonchev–Trinajstić information content (AvgIpc) is 3.95. The quantitative estimate of drug-likeness (QED) is 0.183. The number of hydrogen-bond acceptors (Lipinski definition) is 5. The molecule has 0 bridgehead atoms. The molecule has 0 spiro atoms. The molecular weight excluding hydrogens is 733 g/mol. The molecule has 3 aromatic heterocycles. The minimum absolute atomic E-state index is 0.117. The zero-order valence-electron chi connectivity index (χ0n) is 30.7. The third-order valence-electron chi connectivity index (χ3n) is 11.5. The molecule has 0 aliphatic carbocycles. The van der Waals surface area contributed by atoms with E-state index in [4.69, 9.17) is 4.99 Å². The molecule has 12 rings (SSSR count). The van der Waals surface area contributed by atoms with Crippen molar-refractivity contribution in [2.45, 2.75) is 12.3 Å². The third kappa shape index (κ3) is 5.33. The number of nitrogens with one attached hydrogen (secondary N) is 2. The Balaban J connectivity index is 0.942. The van der Waals surface area contributed by atoms with Gasteiger partial charge in [0.15, 0.2) is 0 Å². The summed E-state index contributed by atoms with van der Waals surface area (Å²) >= 11 is 3.74. The molecule has 270 valence electrons. The number of para-hydroxylation sites is 2. The van der Waals surface area contributed by atoms with Crippen molar-refractivity contribution in [2.75, 3.05) is 0 Å². The number of amidine groups is 1. The van der Waals surface area contributed by atoms with Crippen LogP contribution in [0, 0.1) is 0 Å². The second-order valence-corrected chi connectivity index (χ2v) is 17.0. The van der Waals surface area contributed by atoms with Gasteiger partial charge < -0.3 is 9.88 Å². The fourth-order valence-electron chi connectivity index (χ4n) is 8.79. The summed E-state index contributed by atoms with van der Waals surface area (Å²) in [5.41, 5.74) is 9.56. The van der Waals surface area contributed by atoms with E-state index in [-0.39, 0.29) is 12.3 Å². The van der Waals surface area contributed by atoms with Gasteiger partial charge in [-0.25, -0.2) is 4.99 Å². The number of benzene rings is 8. The van der Waals surface area contributed by atoms with Crippen LogP contribution in [0.25, 0.3) is 79.0 Å². The van der Waals surface area contributed by atoms with Crippen molar-refractivity contribution in [1.82, 2.24) is 15.2 Å². The Morgan fingerprint density at radius 1 is 0.439 bits per heavy atom. The molecule has 4 heterocycles. The summed E-state index contributed by atoms with van der Waals surface area (Å²) < 4.78 is 7.63. The largest absolute Gasteiger partial charge is 0.350 e. The lowest BCUT2D eigenvalue weighted by atomic mass is 10.00. The molecule has 11 aromatic rings. The van der Waals surface area contributed by atoms with Gasteiger partial charge in [0.25, 0.3) is 0 Å². The average molecular weight is 767 g/mol. The zero-order chi connectivity index (χ0) is 37.5. The Morgan fingerprint density at radius 2 is 1.09 bits per heavy atom. The highest BCUT2D eigenvalue weighted by Crippen LogP contribution is 2.43. The molecule has 0 fully saturated rings. The second kappa shape index (κ2) is 13.0. The second-order valence-electron chi connectivity index (χ2n) is 14.8. The van der Waals surface area contributed by atoms with E-state index in [1.54, 1.807) is 0 Å². The molecule has 0 radical (unpaired) electrons. The lowest BCUT2D eigenvalue weighted by Gasteiger charge is -2.32. The predicted octanol–water partition coefficient (Wildman–Crippen LogP) is 13.5. The van der Waals surface area contributed by atoms with Gasteiger partial charge in [-0.1, -0.05) is 127 Å². The molecule has 0 saturated carbocycles. The normalized spacial score (nSPS) is 15.9. The maximum atomic E-state index is 5.12. The van der Waals surface area contributed by atoms with E-state index in [9.17, 15) is 0 Å². The lowest BCUT2D eigenvalue weighted by Crippen LogP contribution is -2.44. The van der Waals surface area contributed by atoms with Crippen LogP contribution in [0.3, 0.4) is 0 Å². The van der Waals surface area contributed by atoms with Crippen LogP contribution in [0.4, 0.5) is 0 Å². The van der Waals surface area contributed by atoms with Gasteiger partial charge in [0.1, 0.15) is 18.2 Å². The van der Waals surface area contributed by atoms with Gasteiger partial charge in [-0.15, -0.1) is 22.7 Å². The van der Waals surface area contributed by atoms with Crippen LogP contribution in [-0.2, 0) is 0 Å². The highest BCUT2D eigenvalue weighted by molar-refractivity contribution is 7.26. The lowest BCUT2D eigenvalue weighted by molar-refractivity contribution is 0.409. The molecule has 0 amide bonds. The first-order chi connectivity index (χ1) is 28.2. The van der Waals surface area contributed by atoms with Crippen molar-refractivity contribution in [3.05, 3.63) is 199 Å². The molecular formula is C51H34N4S2. The van der Waals surface area contributed by atoms with Crippen LogP contribution in [0.1, 0.15) is 29.0 Å². The Bertz CT molecular complexity index is 3320. The van der Waals surface area contributed by atoms with Crippen LogP contribution < -0.4 is 10.6 Å². The van der Waals surface area contributed by atoms with E-state index >= 15 is 0 Å². The van der Waals surface area contributed by atoms with E-state index in [0.717, 1.165) is 17.0 Å². The first-order valence-electron chi connectivity index (χ1n) is 19.3. The van der Waals surface area contributed by atoms with Gasteiger partial charge in [0.2, 0.25) is 0 Å². The molecule has 8 aromatic carbocycles. The van der Waals surface area contributed by atoms with E-state index in [2.05, 4.69) is 191 Å².